The lowest BCUT2D eigenvalue weighted by atomic mass is 10.0. The first-order valence-electron chi connectivity index (χ1n) is 9.07. The van der Waals surface area contributed by atoms with Crippen LogP contribution >= 0.6 is 0 Å². The summed E-state index contributed by atoms with van der Waals surface area (Å²) in [5, 5.41) is 0.469. The van der Waals surface area contributed by atoms with Gasteiger partial charge in [-0.2, -0.15) is 0 Å². The number of aryl methyl sites for hydroxylation is 1. The highest BCUT2D eigenvalue weighted by Gasteiger charge is 2.15. The molecule has 0 aliphatic heterocycles. The lowest BCUT2D eigenvalue weighted by molar-refractivity contribution is 0.0599. The second kappa shape index (κ2) is 8.54. The largest absolute Gasteiger partial charge is 0.489 e. The predicted molar refractivity (Wildman–Crippen MR) is 105 cm³/mol. The van der Waals surface area contributed by atoms with Crippen LogP contribution < -0.4 is 10.2 Å². The molecule has 0 spiro atoms. The van der Waals surface area contributed by atoms with Crippen LogP contribution in [0.5, 0.6) is 5.75 Å². The standard InChI is InChI=1S/C22H23NO4/c1-3-4-10-16-11-17-19(23-13-18(21(17)24)22(25)26-2)12-20(16)27-14-15-8-6-5-7-9-15/h5-9,11-13H,3-4,10,14H2,1-2H3,(H,23,24). The van der Waals surface area contributed by atoms with Crippen molar-refractivity contribution in [3.63, 3.8) is 0 Å². The second-order valence-electron chi connectivity index (χ2n) is 6.41. The van der Waals surface area contributed by atoms with Crippen molar-refractivity contribution in [3.8, 4) is 5.75 Å². The van der Waals surface area contributed by atoms with E-state index >= 15 is 0 Å². The number of unbranched alkanes of at least 4 members (excludes halogenated alkanes) is 1. The molecule has 0 radical (unpaired) electrons. The van der Waals surface area contributed by atoms with E-state index in [1.807, 2.05) is 42.5 Å². The maximum Gasteiger partial charge on any atom is 0.343 e. The zero-order chi connectivity index (χ0) is 19.2. The topological polar surface area (TPSA) is 68.4 Å². The molecule has 0 bridgehead atoms. The third-order valence-corrected chi connectivity index (χ3v) is 4.50. The molecule has 0 aliphatic carbocycles. The Bertz CT molecular complexity index is 992. The van der Waals surface area contributed by atoms with Gasteiger partial charge in [-0.1, -0.05) is 43.7 Å². The average molecular weight is 365 g/mol. The van der Waals surface area contributed by atoms with Crippen LogP contribution in [0, 0.1) is 0 Å². The van der Waals surface area contributed by atoms with Crippen LogP contribution in [-0.2, 0) is 17.8 Å². The van der Waals surface area contributed by atoms with Gasteiger partial charge in [-0.25, -0.2) is 4.79 Å². The van der Waals surface area contributed by atoms with Crippen LogP contribution in [0.1, 0.15) is 41.3 Å². The van der Waals surface area contributed by atoms with Gasteiger partial charge in [0.25, 0.3) is 0 Å². The zero-order valence-electron chi connectivity index (χ0n) is 15.6. The van der Waals surface area contributed by atoms with Crippen LogP contribution in [0.25, 0.3) is 10.9 Å². The molecule has 0 saturated heterocycles. The Balaban J connectivity index is 2.01. The molecule has 5 heteroatoms. The van der Waals surface area contributed by atoms with Gasteiger partial charge in [0.1, 0.15) is 17.9 Å². The summed E-state index contributed by atoms with van der Waals surface area (Å²) in [7, 11) is 1.26. The summed E-state index contributed by atoms with van der Waals surface area (Å²) in [5.74, 6) is 0.110. The minimum atomic E-state index is -0.641. The number of nitrogens with one attached hydrogen (secondary N) is 1. The minimum Gasteiger partial charge on any atom is -0.489 e. The fourth-order valence-electron chi connectivity index (χ4n) is 2.99. The third-order valence-electron chi connectivity index (χ3n) is 4.50. The number of esters is 1. The molecule has 1 aromatic heterocycles. The van der Waals surface area contributed by atoms with Crippen molar-refractivity contribution >= 4 is 16.9 Å². The Kier molecular flexibility index (Phi) is 5.91. The number of rotatable bonds is 7. The number of benzene rings is 2. The normalized spacial score (nSPS) is 10.7. The maximum atomic E-state index is 12.7. The number of aromatic amines is 1. The van der Waals surface area contributed by atoms with Crippen LogP contribution in [0.3, 0.4) is 0 Å². The fourth-order valence-corrected chi connectivity index (χ4v) is 2.99. The van der Waals surface area contributed by atoms with Gasteiger partial charge in [0.15, 0.2) is 0 Å². The molecular weight excluding hydrogens is 342 g/mol. The fraction of sp³-hybridized carbons (Fsp3) is 0.273. The van der Waals surface area contributed by atoms with Crippen LogP contribution in [0.4, 0.5) is 0 Å². The molecule has 0 saturated carbocycles. The lowest BCUT2D eigenvalue weighted by Crippen LogP contribution is -2.17. The van der Waals surface area contributed by atoms with E-state index in [1.54, 1.807) is 0 Å². The first-order chi connectivity index (χ1) is 13.1. The van der Waals surface area contributed by atoms with Crippen molar-refractivity contribution in [1.29, 1.82) is 0 Å². The Morgan fingerprint density at radius 1 is 1.15 bits per heavy atom. The average Bonchev–Trinajstić information content (AvgIpc) is 2.71. The molecule has 0 atom stereocenters. The first kappa shape index (κ1) is 18.7. The molecule has 3 rings (SSSR count). The molecule has 3 aromatic rings. The number of H-pyrrole nitrogens is 1. The van der Waals surface area contributed by atoms with E-state index in [0.29, 0.717) is 17.5 Å². The number of ether oxygens (including phenoxy) is 2. The molecule has 0 aliphatic rings. The van der Waals surface area contributed by atoms with Gasteiger partial charge in [-0.3, -0.25) is 4.79 Å². The lowest BCUT2D eigenvalue weighted by Gasteiger charge is -2.13. The van der Waals surface area contributed by atoms with Crippen LogP contribution in [0.15, 0.2) is 53.5 Å². The first-order valence-corrected chi connectivity index (χ1v) is 9.07. The Morgan fingerprint density at radius 3 is 2.63 bits per heavy atom. The van der Waals surface area contributed by atoms with Gasteiger partial charge < -0.3 is 14.5 Å². The summed E-state index contributed by atoms with van der Waals surface area (Å²) in [6.07, 6.45) is 4.22. The number of carbonyl (C=O) groups excluding carboxylic acids is 1. The quantitative estimate of drug-likeness (QED) is 0.636. The number of hydrogen-bond acceptors (Lipinski definition) is 4. The summed E-state index contributed by atoms with van der Waals surface area (Å²) in [4.78, 5) is 27.5. The molecule has 27 heavy (non-hydrogen) atoms. The summed E-state index contributed by atoms with van der Waals surface area (Å²) < 4.78 is 10.7. The van der Waals surface area contributed by atoms with Crippen LogP contribution in [0.2, 0.25) is 0 Å². The Morgan fingerprint density at radius 2 is 1.93 bits per heavy atom. The van der Waals surface area contributed by atoms with Crippen molar-refractivity contribution in [2.75, 3.05) is 7.11 Å². The van der Waals surface area contributed by atoms with Crippen molar-refractivity contribution in [2.24, 2.45) is 0 Å². The number of methoxy groups -OCH3 is 1. The smallest absolute Gasteiger partial charge is 0.343 e. The highest BCUT2D eigenvalue weighted by atomic mass is 16.5. The molecule has 5 nitrogen and oxygen atoms in total. The van der Waals surface area contributed by atoms with Gasteiger partial charge in [0.05, 0.1) is 12.6 Å². The number of pyridine rings is 1. The summed E-state index contributed by atoms with van der Waals surface area (Å²) in [6, 6.07) is 13.6. The monoisotopic (exact) mass is 365 g/mol. The molecule has 0 amide bonds. The molecule has 1 N–H and O–H groups in total. The minimum absolute atomic E-state index is 0.00407. The molecule has 2 aromatic carbocycles. The Labute approximate surface area is 157 Å². The summed E-state index contributed by atoms with van der Waals surface area (Å²) in [6.45, 7) is 2.57. The van der Waals surface area contributed by atoms with Crippen molar-refractivity contribution in [3.05, 3.63) is 75.6 Å². The second-order valence-corrected chi connectivity index (χ2v) is 6.41. The highest BCUT2D eigenvalue weighted by molar-refractivity contribution is 5.93. The van der Waals surface area contributed by atoms with E-state index in [1.165, 1.54) is 13.3 Å². The number of hydrogen-bond donors (Lipinski definition) is 1. The maximum absolute atomic E-state index is 12.7. The molecular formula is C22H23NO4. The Hall–Kier alpha value is -3.08. The molecule has 1 heterocycles. The van der Waals surface area contributed by atoms with Gasteiger partial charge in [0, 0.05) is 17.6 Å². The summed E-state index contributed by atoms with van der Waals surface area (Å²) in [5.41, 5.74) is 2.35. The van der Waals surface area contributed by atoms with Crippen molar-refractivity contribution < 1.29 is 14.3 Å². The van der Waals surface area contributed by atoms with Gasteiger partial charge in [-0.05, 0) is 30.0 Å². The van der Waals surface area contributed by atoms with Gasteiger partial charge in [0.2, 0.25) is 5.43 Å². The van der Waals surface area contributed by atoms with Gasteiger partial charge in [-0.15, -0.1) is 0 Å². The highest BCUT2D eigenvalue weighted by Crippen LogP contribution is 2.26. The number of aromatic nitrogens is 1. The molecule has 0 fully saturated rings. The van der Waals surface area contributed by atoms with E-state index in [4.69, 9.17) is 4.74 Å². The number of fused-ring (bicyclic) bond motifs is 1. The van der Waals surface area contributed by atoms with Crippen molar-refractivity contribution in [1.82, 2.24) is 4.98 Å². The van der Waals surface area contributed by atoms with Crippen LogP contribution in [-0.4, -0.2) is 18.1 Å². The predicted octanol–water partition coefficient (Wildman–Crippen LogP) is 4.24. The van der Waals surface area contributed by atoms with E-state index in [0.717, 1.165) is 36.1 Å². The van der Waals surface area contributed by atoms with E-state index in [-0.39, 0.29) is 11.0 Å². The van der Waals surface area contributed by atoms with Crippen molar-refractivity contribution in [2.45, 2.75) is 32.8 Å². The summed E-state index contributed by atoms with van der Waals surface area (Å²) >= 11 is 0. The van der Waals surface area contributed by atoms with Gasteiger partial charge >= 0.3 is 5.97 Å². The SMILES string of the molecule is CCCCc1cc2c(=O)c(C(=O)OC)c[nH]c2cc1OCc1ccccc1. The number of carbonyl (C=O) groups is 1. The van der Waals surface area contributed by atoms with E-state index in [2.05, 4.69) is 16.6 Å². The van der Waals surface area contributed by atoms with E-state index < -0.39 is 5.97 Å². The van der Waals surface area contributed by atoms with E-state index in [9.17, 15) is 9.59 Å². The zero-order valence-corrected chi connectivity index (χ0v) is 15.6. The molecule has 140 valence electrons. The molecule has 0 unspecified atom stereocenters. The third kappa shape index (κ3) is 4.19.